The Morgan fingerprint density at radius 1 is 1.24 bits per heavy atom. The van der Waals surface area contributed by atoms with Gasteiger partial charge >= 0.3 is 5.97 Å². The Balaban J connectivity index is 2.53. The maximum absolute atomic E-state index is 11.2. The van der Waals surface area contributed by atoms with Crippen molar-refractivity contribution < 1.29 is 9.53 Å². The average molecular weight is 235 g/mol. The molecule has 1 aromatic rings. The fourth-order valence-electron chi connectivity index (χ4n) is 1.72. The molecular weight excluding hydrogens is 214 g/mol. The highest BCUT2D eigenvalue weighted by Gasteiger charge is 2.05. The smallest absolute Gasteiger partial charge is 0.337 e. The predicted octanol–water partition coefficient (Wildman–Crippen LogP) is 2.75. The summed E-state index contributed by atoms with van der Waals surface area (Å²) in [6.07, 6.45) is 2.27. The quantitative estimate of drug-likeness (QED) is 0.770. The molecule has 0 amide bonds. The van der Waals surface area contributed by atoms with E-state index in [2.05, 4.69) is 23.9 Å². The first kappa shape index (κ1) is 13.7. The van der Waals surface area contributed by atoms with Crippen LogP contribution in [0.15, 0.2) is 24.3 Å². The molecule has 0 atom stereocenters. The van der Waals surface area contributed by atoms with E-state index in [-0.39, 0.29) is 5.97 Å². The normalized spacial score (nSPS) is 10.6. The van der Waals surface area contributed by atoms with Gasteiger partial charge in [0.25, 0.3) is 0 Å². The summed E-state index contributed by atoms with van der Waals surface area (Å²) in [6, 6.07) is 8.09. The zero-order valence-electron chi connectivity index (χ0n) is 10.8. The molecule has 0 heterocycles. The Labute approximate surface area is 103 Å². The molecule has 0 unspecified atom stereocenters. The monoisotopic (exact) mass is 235 g/mol. The first-order valence-corrected chi connectivity index (χ1v) is 6.11. The van der Waals surface area contributed by atoms with Crippen LogP contribution in [0, 0.1) is 0 Å². The molecule has 0 spiro atoms. The van der Waals surface area contributed by atoms with Crippen molar-refractivity contribution in [2.24, 2.45) is 0 Å². The van der Waals surface area contributed by atoms with Gasteiger partial charge in [-0.15, -0.1) is 0 Å². The molecule has 94 valence electrons. The third-order valence-corrected chi connectivity index (χ3v) is 2.96. The van der Waals surface area contributed by atoms with E-state index in [0.717, 1.165) is 19.4 Å². The number of carbonyl (C=O) groups excluding carboxylic acids is 1. The lowest BCUT2D eigenvalue weighted by atomic mass is 10.1. The number of nitrogens with one attached hydrogen (secondary N) is 1. The van der Waals surface area contributed by atoms with E-state index in [4.69, 9.17) is 0 Å². The molecule has 0 saturated heterocycles. The maximum atomic E-state index is 11.2. The lowest BCUT2D eigenvalue weighted by Crippen LogP contribution is -2.26. The van der Waals surface area contributed by atoms with E-state index in [1.165, 1.54) is 12.7 Å². The Kier molecular flexibility index (Phi) is 5.70. The zero-order chi connectivity index (χ0) is 12.7. The van der Waals surface area contributed by atoms with Crippen molar-refractivity contribution in [3.8, 4) is 0 Å². The van der Waals surface area contributed by atoms with Crippen molar-refractivity contribution in [3.05, 3.63) is 35.4 Å². The van der Waals surface area contributed by atoms with Gasteiger partial charge in [0.15, 0.2) is 0 Å². The van der Waals surface area contributed by atoms with Gasteiger partial charge in [-0.05, 0) is 30.5 Å². The second-order valence-corrected chi connectivity index (χ2v) is 4.08. The first-order valence-electron chi connectivity index (χ1n) is 6.11. The molecule has 1 aromatic carbocycles. The van der Waals surface area contributed by atoms with E-state index in [9.17, 15) is 4.79 Å². The molecule has 0 radical (unpaired) electrons. The zero-order valence-corrected chi connectivity index (χ0v) is 10.8. The lowest BCUT2D eigenvalue weighted by molar-refractivity contribution is 0.0600. The molecule has 0 aliphatic carbocycles. The average Bonchev–Trinajstić information content (AvgIpc) is 2.39. The highest BCUT2D eigenvalue weighted by molar-refractivity contribution is 5.89. The minimum atomic E-state index is -0.287. The summed E-state index contributed by atoms with van der Waals surface area (Å²) in [5.74, 6) is -0.287. The minimum absolute atomic E-state index is 0.287. The molecule has 0 saturated carbocycles. The van der Waals surface area contributed by atoms with Gasteiger partial charge in [0.2, 0.25) is 0 Å². The van der Waals surface area contributed by atoms with Gasteiger partial charge in [-0.25, -0.2) is 4.79 Å². The summed E-state index contributed by atoms with van der Waals surface area (Å²) in [6.45, 7) is 5.21. The number of ether oxygens (including phenoxy) is 1. The highest BCUT2D eigenvalue weighted by Crippen LogP contribution is 2.06. The minimum Gasteiger partial charge on any atom is -0.465 e. The Bertz CT molecular complexity index is 342. The fraction of sp³-hybridized carbons (Fsp3) is 0.500. The summed E-state index contributed by atoms with van der Waals surface area (Å²) >= 11 is 0. The Hall–Kier alpha value is -1.35. The number of hydrogen-bond donors (Lipinski definition) is 1. The van der Waals surface area contributed by atoms with Crippen LogP contribution in [-0.2, 0) is 11.3 Å². The van der Waals surface area contributed by atoms with Crippen LogP contribution in [0.3, 0.4) is 0 Å². The van der Waals surface area contributed by atoms with Crippen LogP contribution in [0.5, 0.6) is 0 Å². The number of methoxy groups -OCH3 is 1. The third kappa shape index (κ3) is 4.19. The van der Waals surface area contributed by atoms with E-state index >= 15 is 0 Å². The van der Waals surface area contributed by atoms with Gasteiger partial charge in [-0.2, -0.15) is 0 Å². The largest absolute Gasteiger partial charge is 0.465 e. The maximum Gasteiger partial charge on any atom is 0.337 e. The van der Waals surface area contributed by atoms with Gasteiger partial charge in [0.05, 0.1) is 12.7 Å². The Morgan fingerprint density at radius 3 is 2.29 bits per heavy atom. The van der Waals surface area contributed by atoms with Crippen LogP contribution in [0.25, 0.3) is 0 Å². The van der Waals surface area contributed by atoms with E-state index in [0.29, 0.717) is 11.6 Å². The number of rotatable bonds is 6. The van der Waals surface area contributed by atoms with Crippen molar-refractivity contribution in [2.45, 2.75) is 39.3 Å². The van der Waals surface area contributed by atoms with Gasteiger partial charge in [0, 0.05) is 12.6 Å². The molecule has 1 N–H and O–H groups in total. The molecule has 0 fully saturated rings. The van der Waals surface area contributed by atoms with E-state index in [1.807, 2.05) is 12.1 Å². The number of hydrogen-bond acceptors (Lipinski definition) is 3. The SMILES string of the molecule is CCC(CC)NCc1ccc(C(=O)OC)cc1. The first-order chi connectivity index (χ1) is 8.21. The molecule has 0 aliphatic rings. The third-order valence-electron chi connectivity index (χ3n) is 2.96. The predicted molar refractivity (Wildman–Crippen MR) is 69.0 cm³/mol. The molecule has 1 rings (SSSR count). The molecule has 0 bridgehead atoms. The summed E-state index contributed by atoms with van der Waals surface area (Å²) < 4.78 is 4.65. The van der Waals surface area contributed by atoms with Crippen LogP contribution >= 0.6 is 0 Å². The Morgan fingerprint density at radius 2 is 1.82 bits per heavy atom. The van der Waals surface area contributed by atoms with Gasteiger partial charge in [0.1, 0.15) is 0 Å². The van der Waals surface area contributed by atoms with Crippen molar-refractivity contribution in [3.63, 3.8) is 0 Å². The molecule has 3 heteroatoms. The topological polar surface area (TPSA) is 38.3 Å². The molecule has 0 aliphatic heterocycles. The van der Waals surface area contributed by atoms with Crippen LogP contribution < -0.4 is 5.32 Å². The summed E-state index contributed by atoms with van der Waals surface area (Å²) in [7, 11) is 1.39. The molecule has 3 nitrogen and oxygen atoms in total. The second-order valence-electron chi connectivity index (χ2n) is 4.08. The fourth-order valence-corrected chi connectivity index (χ4v) is 1.72. The second kappa shape index (κ2) is 7.07. The van der Waals surface area contributed by atoms with E-state index < -0.39 is 0 Å². The summed E-state index contributed by atoms with van der Waals surface area (Å²) in [5, 5.41) is 3.48. The standard InChI is InChI=1S/C14H21NO2/c1-4-13(5-2)15-10-11-6-8-12(9-7-11)14(16)17-3/h6-9,13,15H,4-5,10H2,1-3H3. The van der Waals surface area contributed by atoms with Crippen LogP contribution in [0.2, 0.25) is 0 Å². The number of carbonyl (C=O) groups is 1. The van der Waals surface area contributed by atoms with Crippen molar-refractivity contribution in [1.82, 2.24) is 5.32 Å². The molecular formula is C14H21NO2. The highest BCUT2D eigenvalue weighted by atomic mass is 16.5. The van der Waals surface area contributed by atoms with Crippen LogP contribution in [-0.4, -0.2) is 19.1 Å². The van der Waals surface area contributed by atoms with Crippen molar-refractivity contribution in [2.75, 3.05) is 7.11 Å². The van der Waals surface area contributed by atoms with Crippen LogP contribution in [0.4, 0.5) is 0 Å². The van der Waals surface area contributed by atoms with Crippen molar-refractivity contribution >= 4 is 5.97 Å². The van der Waals surface area contributed by atoms with E-state index in [1.54, 1.807) is 12.1 Å². The van der Waals surface area contributed by atoms with Gasteiger partial charge in [-0.1, -0.05) is 26.0 Å². The molecule has 0 aromatic heterocycles. The summed E-state index contributed by atoms with van der Waals surface area (Å²) in [5.41, 5.74) is 1.78. The molecule has 17 heavy (non-hydrogen) atoms. The number of benzene rings is 1. The van der Waals surface area contributed by atoms with Crippen LogP contribution in [0.1, 0.15) is 42.6 Å². The summed E-state index contributed by atoms with van der Waals surface area (Å²) in [4.78, 5) is 11.2. The van der Waals surface area contributed by atoms with Gasteiger partial charge in [-0.3, -0.25) is 0 Å². The van der Waals surface area contributed by atoms with Crippen molar-refractivity contribution in [1.29, 1.82) is 0 Å². The van der Waals surface area contributed by atoms with Gasteiger partial charge < -0.3 is 10.1 Å². The number of esters is 1. The lowest BCUT2D eigenvalue weighted by Gasteiger charge is -2.14.